The topological polar surface area (TPSA) is 58.4 Å². The standard InChI is InChI=1S/C16H25N3O/c1-16(2,17)15(20)18-9-5-10-19-11-8-13-6-3-4-7-14(13)12-19/h3-4,6-7H,5,8-12,17H2,1-2H3,(H,18,20). The molecule has 20 heavy (non-hydrogen) atoms. The van der Waals surface area contributed by atoms with E-state index in [2.05, 4.69) is 34.5 Å². The lowest BCUT2D eigenvalue weighted by molar-refractivity contribution is -0.125. The van der Waals surface area contributed by atoms with E-state index in [9.17, 15) is 4.79 Å². The minimum Gasteiger partial charge on any atom is -0.354 e. The van der Waals surface area contributed by atoms with Crippen molar-refractivity contribution in [1.29, 1.82) is 0 Å². The van der Waals surface area contributed by atoms with Crippen molar-refractivity contribution in [3.05, 3.63) is 35.4 Å². The molecule has 0 bridgehead atoms. The SMILES string of the molecule is CC(C)(N)C(=O)NCCCN1CCc2ccccc2C1. The van der Waals surface area contributed by atoms with Crippen molar-refractivity contribution in [2.45, 2.75) is 38.8 Å². The Labute approximate surface area is 121 Å². The maximum atomic E-state index is 11.6. The molecular weight excluding hydrogens is 250 g/mol. The highest BCUT2D eigenvalue weighted by atomic mass is 16.2. The van der Waals surface area contributed by atoms with Crippen molar-refractivity contribution in [1.82, 2.24) is 10.2 Å². The number of benzene rings is 1. The summed E-state index contributed by atoms with van der Waals surface area (Å²) in [5, 5.41) is 2.89. The van der Waals surface area contributed by atoms with Gasteiger partial charge < -0.3 is 11.1 Å². The van der Waals surface area contributed by atoms with Crippen molar-refractivity contribution in [2.24, 2.45) is 5.73 Å². The van der Waals surface area contributed by atoms with Crippen LogP contribution in [0, 0.1) is 0 Å². The number of amides is 1. The van der Waals surface area contributed by atoms with E-state index in [1.54, 1.807) is 13.8 Å². The smallest absolute Gasteiger partial charge is 0.239 e. The second-order valence-electron chi connectivity index (χ2n) is 6.13. The number of carbonyl (C=O) groups is 1. The molecule has 4 nitrogen and oxygen atoms in total. The summed E-state index contributed by atoms with van der Waals surface area (Å²) < 4.78 is 0. The quantitative estimate of drug-likeness (QED) is 0.796. The first kappa shape index (κ1) is 15.0. The second-order valence-corrected chi connectivity index (χ2v) is 6.13. The van der Waals surface area contributed by atoms with Gasteiger partial charge in [0.2, 0.25) is 5.91 Å². The fraction of sp³-hybridized carbons (Fsp3) is 0.562. The second kappa shape index (κ2) is 6.37. The molecule has 0 saturated carbocycles. The van der Waals surface area contributed by atoms with Crippen LogP contribution in [-0.4, -0.2) is 36.0 Å². The lowest BCUT2D eigenvalue weighted by atomic mass is 10.00. The van der Waals surface area contributed by atoms with Crippen LogP contribution in [0.2, 0.25) is 0 Å². The summed E-state index contributed by atoms with van der Waals surface area (Å²) in [6.45, 7) is 7.28. The molecule has 2 rings (SSSR count). The molecule has 0 radical (unpaired) electrons. The molecule has 1 aromatic rings. The monoisotopic (exact) mass is 275 g/mol. The Kier molecular flexibility index (Phi) is 4.78. The highest BCUT2D eigenvalue weighted by Crippen LogP contribution is 2.18. The Morgan fingerprint density at radius 3 is 2.75 bits per heavy atom. The molecule has 0 unspecified atom stereocenters. The van der Waals surface area contributed by atoms with E-state index in [4.69, 9.17) is 5.73 Å². The normalized spacial score (nSPS) is 15.8. The van der Waals surface area contributed by atoms with E-state index in [1.807, 2.05) is 0 Å². The minimum atomic E-state index is -0.788. The third-order valence-corrected chi connectivity index (χ3v) is 3.73. The van der Waals surface area contributed by atoms with Crippen LogP contribution in [0.15, 0.2) is 24.3 Å². The summed E-state index contributed by atoms with van der Waals surface area (Å²) in [5.41, 5.74) is 7.86. The Morgan fingerprint density at radius 2 is 2.05 bits per heavy atom. The van der Waals surface area contributed by atoms with Crippen molar-refractivity contribution in [3.63, 3.8) is 0 Å². The Bertz CT molecular complexity index is 465. The summed E-state index contributed by atoms with van der Waals surface area (Å²) in [5.74, 6) is -0.0820. The molecule has 4 heteroatoms. The van der Waals surface area contributed by atoms with Crippen molar-refractivity contribution in [3.8, 4) is 0 Å². The molecule has 1 aromatic carbocycles. The third kappa shape index (κ3) is 4.05. The molecule has 0 fully saturated rings. The molecule has 1 aliphatic heterocycles. The van der Waals surface area contributed by atoms with E-state index < -0.39 is 5.54 Å². The number of nitrogens with zero attached hydrogens (tertiary/aromatic N) is 1. The van der Waals surface area contributed by atoms with Gasteiger partial charge in [0.25, 0.3) is 0 Å². The molecule has 0 spiro atoms. The predicted molar refractivity (Wildman–Crippen MR) is 81.3 cm³/mol. The van der Waals surface area contributed by atoms with Gasteiger partial charge >= 0.3 is 0 Å². The molecule has 0 saturated heterocycles. The lowest BCUT2D eigenvalue weighted by Crippen LogP contribution is -2.49. The van der Waals surface area contributed by atoms with Crippen LogP contribution in [0.5, 0.6) is 0 Å². The van der Waals surface area contributed by atoms with Gasteiger partial charge in [-0.1, -0.05) is 24.3 Å². The highest BCUT2D eigenvalue weighted by Gasteiger charge is 2.21. The number of hydrogen-bond acceptors (Lipinski definition) is 3. The molecule has 1 heterocycles. The van der Waals surface area contributed by atoms with Crippen LogP contribution in [0.1, 0.15) is 31.4 Å². The molecule has 0 aromatic heterocycles. The fourth-order valence-electron chi connectivity index (χ4n) is 2.48. The van der Waals surface area contributed by atoms with Crippen LogP contribution < -0.4 is 11.1 Å². The van der Waals surface area contributed by atoms with E-state index in [0.29, 0.717) is 6.54 Å². The first-order chi connectivity index (χ1) is 9.47. The molecular formula is C16H25N3O. The van der Waals surface area contributed by atoms with E-state index >= 15 is 0 Å². The van der Waals surface area contributed by atoms with Crippen LogP contribution in [0.3, 0.4) is 0 Å². The molecule has 1 amide bonds. The minimum absolute atomic E-state index is 0.0820. The maximum absolute atomic E-state index is 11.6. The number of rotatable bonds is 5. The van der Waals surface area contributed by atoms with Gasteiger partial charge in [-0.25, -0.2) is 0 Å². The Hall–Kier alpha value is -1.39. The summed E-state index contributed by atoms with van der Waals surface area (Å²) >= 11 is 0. The number of hydrogen-bond donors (Lipinski definition) is 2. The predicted octanol–water partition coefficient (Wildman–Crippen LogP) is 1.29. The lowest BCUT2D eigenvalue weighted by Gasteiger charge is -2.28. The summed E-state index contributed by atoms with van der Waals surface area (Å²) in [6, 6.07) is 8.64. The molecule has 3 N–H and O–H groups in total. The molecule has 110 valence electrons. The van der Waals surface area contributed by atoms with Gasteiger partial charge in [-0.3, -0.25) is 9.69 Å². The first-order valence-corrected chi connectivity index (χ1v) is 7.33. The average molecular weight is 275 g/mol. The van der Waals surface area contributed by atoms with Gasteiger partial charge in [0.1, 0.15) is 0 Å². The third-order valence-electron chi connectivity index (χ3n) is 3.73. The van der Waals surface area contributed by atoms with Gasteiger partial charge in [-0.05, 0) is 37.8 Å². The Balaban J connectivity index is 1.70. The summed E-state index contributed by atoms with van der Waals surface area (Å²) in [6.07, 6.45) is 2.09. The molecule has 0 aliphatic carbocycles. The largest absolute Gasteiger partial charge is 0.354 e. The highest BCUT2D eigenvalue weighted by molar-refractivity contribution is 5.84. The molecule has 1 aliphatic rings. The summed E-state index contributed by atoms with van der Waals surface area (Å²) in [7, 11) is 0. The van der Waals surface area contributed by atoms with Crippen molar-refractivity contribution in [2.75, 3.05) is 19.6 Å². The van der Waals surface area contributed by atoms with Crippen LogP contribution in [-0.2, 0) is 17.8 Å². The number of nitrogens with two attached hydrogens (primary N) is 1. The zero-order valence-electron chi connectivity index (χ0n) is 12.5. The maximum Gasteiger partial charge on any atom is 0.239 e. The van der Waals surface area contributed by atoms with Crippen LogP contribution in [0.4, 0.5) is 0 Å². The van der Waals surface area contributed by atoms with E-state index in [1.165, 1.54) is 11.1 Å². The zero-order valence-corrected chi connectivity index (χ0v) is 12.5. The fourth-order valence-corrected chi connectivity index (χ4v) is 2.48. The number of nitrogens with one attached hydrogen (secondary N) is 1. The first-order valence-electron chi connectivity index (χ1n) is 7.33. The van der Waals surface area contributed by atoms with Gasteiger partial charge in [0.05, 0.1) is 5.54 Å². The Morgan fingerprint density at radius 1 is 1.35 bits per heavy atom. The van der Waals surface area contributed by atoms with Crippen LogP contribution >= 0.6 is 0 Å². The van der Waals surface area contributed by atoms with Gasteiger partial charge in [0.15, 0.2) is 0 Å². The van der Waals surface area contributed by atoms with Crippen LogP contribution in [0.25, 0.3) is 0 Å². The van der Waals surface area contributed by atoms with Crippen molar-refractivity contribution >= 4 is 5.91 Å². The van der Waals surface area contributed by atoms with Gasteiger partial charge in [-0.15, -0.1) is 0 Å². The summed E-state index contributed by atoms with van der Waals surface area (Å²) in [4.78, 5) is 14.1. The van der Waals surface area contributed by atoms with Crippen molar-refractivity contribution < 1.29 is 4.79 Å². The zero-order chi connectivity index (χ0) is 14.6. The number of fused-ring (bicyclic) bond motifs is 1. The number of carbonyl (C=O) groups excluding carboxylic acids is 1. The molecule has 0 atom stereocenters. The van der Waals surface area contributed by atoms with E-state index in [0.717, 1.165) is 32.5 Å². The van der Waals surface area contributed by atoms with Gasteiger partial charge in [0, 0.05) is 26.2 Å². The average Bonchev–Trinajstić information content (AvgIpc) is 2.42. The van der Waals surface area contributed by atoms with Gasteiger partial charge in [-0.2, -0.15) is 0 Å². The van der Waals surface area contributed by atoms with E-state index in [-0.39, 0.29) is 5.91 Å².